The molecule has 6 nitrogen and oxygen atoms in total. The van der Waals surface area contributed by atoms with Gasteiger partial charge in [-0.15, -0.1) is 0 Å². The van der Waals surface area contributed by atoms with Gasteiger partial charge in [-0.3, -0.25) is 9.78 Å². The first-order valence-corrected chi connectivity index (χ1v) is 7.99. The molecule has 3 heterocycles. The van der Waals surface area contributed by atoms with E-state index < -0.39 is 0 Å². The lowest BCUT2D eigenvalue weighted by Gasteiger charge is -2.36. The van der Waals surface area contributed by atoms with E-state index in [1.54, 1.807) is 12.4 Å². The summed E-state index contributed by atoms with van der Waals surface area (Å²) in [4.78, 5) is 20.7. The fourth-order valence-electron chi connectivity index (χ4n) is 3.02. The molecule has 2 aromatic heterocycles. The van der Waals surface area contributed by atoms with Crippen LogP contribution in [0, 0.1) is 13.8 Å². The third-order valence-corrected chi connectivity index (χ3v) is 4.43. The first kappa shape index (κ1) is 15.5. The zero-order chi connectivity index (χ0) is 16.2. The molecule has 0 spiro atoms. The number of aromatic nitrogens is 2. The summed E-state index contributed by atoms with van der Waals surface area (Å²) < 4.78 is 5.15. The predicted octanol–water partition coefficient (Wildman–Crippen LogP) is 1.97. The minimum Gasteiger partial charge on any atom is -0.368 e. The number of carbonyl (C=O) groups excluding carboxylic acids is 1. The van der Waals surface area contributed by atoms with Crippen molar-refractivity contribution in [3.63, 3.8) is 0 Å². The summed E-state index contributed by atoms with van der Waals surface area (Å²) in [6.07, 6.45) is 4.82. The third kappa shape index (κ3) is 3.52. The van der Waals surface area contributed by atoms with E-state index in [0.29, 0.717) is 12.8 Å². The van der Waals surface area contributed by atoms with Gasteiger partial charge in [0, 0.05) is 56.2 Å². The molecule has 2 aromatic rings. The lowest BCUT2D eigenvalue weighted by atomic mass is 10.1. The van der Waals surface area contributed by atoms with Gasteiger partial charge < -0.3 is 14.3 Å². The van der Waals surface area contributed by atoms with Crippen LogP contribution < -0.4 is 4.90 Å². The molecule has 1 saturated heterocycles. The van der Waals surface area contributed by atoms with Crippen molar-refractivity contribution in [2.24, 2.45) is 0 Å². The second-order valence-corrected chi connectivity index (χ2v) is 5.88. The van der Waals surface area contributed by atoms with Crippen LogP contribution >= 0.6 is 0 Å². The van der Waals surface area contributed by atoms with Crippen LogP contribution in [0.4, 0.5) is 5.69 Å². The van der Waals surface area contributed by atoms with Crippen LogP contribution in [0.25, 0.3) is 0 Å². The first-order valence-electron chi connectivity index (χ1n) is 7.99. The third-order valence-electron chi connectivity index (χ3n) is 4.43. The number of anilines is 1. The van der Waals surface area contributed by atoms with E-state index in [9.17, 15) is 4.79 Å². The minimum atomic E-state index is 0.208. The van der Waals surface area contributed by atoms with Crippen LogP contribution in [0.5, 0.6) is 0 Å². The molecule has 0 saturated carbocycles. The number of hydrogen-bond donors (Lipinski definition) is 0. The minimum absolute atomic E-state index is 0.208. The highest BCUT2D eigenvalue weighted by Crippen LogP contribution is 2.17. The second kappa shape index (κ2) is 6.81. The molecule has 0 bridgehead atoms. The van der Waals surface area contributed by atoms with E-state index in [2.05, 4.69) is 15.0 Å². The first-order chi connectivity index (χ1) is 11.1. The van der Waals surface area contributed by atoms with Gasteiger partial charge in [-0.25, -0.2) is 0 Å². The van der Waals surface area contributed by atoms with E-state index in [1.165, 1.54) is 5.69 Å². The van der Waals surface area contributed by atoms with Gasteiger partial charge in [-0.1, -0.05) is 5.16 Å². The predicted molar refractivity (Wildman–Crippen MR) is 87.3 cm³/mol. The summed E-state index contributed by atoms with van der Waals surface area (Å²) in [5, 5.41) is 3.94. The topological polar surface area (TPSA) is 62.5 Å². The molecule has 1 aliphatic heterocycles. The number of amides is 1. The number of carbonyl (C=O) groups is 1. The van der Waals surface area contributed by atoms with Crippen molar-refractivity contribution in [3.05, 3.63) is 41.5 Å². The zero-order valence-corrected chi connectivity index (χ0v) is 13.7. The maximum absolute atomic E-state index is 12.4. The standard InChI is InChI=1S/C17H22N4O2/c1-13-16(14(2)23-19-13)3-4-17(22)21-11-9-20(10-12-21)15-5-7-18-8-6-15/h5-8H,3-4,9-12H2,1-2H3. The summed E-state index contributed by atoms with van der Waals surface area (Å²) in [5.74, 6) is 1.03. The van der Waals surface area contributed by atoms with Gasteiger partial charge in [0.15, 0.2) is 0 Å². The quantitative estimate of drug-likeness (QED) is 0.863. The van der Waals surface area contributed by atoms with Crippen molar-refractivity contribution in [1.82, 2.24) is 15.0 Å². The SMILES string of the molecule is Cc1noc(C)c1CCC(=O)N1CCN(c2ccncc2)CC1. The average molecular weight is 314 g/mol. The monoisotopic (exact) mass is 314 g/mol. The average Bonchev–Trinajstić information content (AvgIpc) is 2.92. The molecule has 1 fully saturated rings. The maximum Gasteiger partial charge on any atom is 0.223 e. The van der Waals surface area contributed by atoms with Gasteiger partial charge in [-0.05, 0) is 32.4 Å². The summed E-state index contributed by atoms with van der Waals surface area (Å²) in [6, 6.07) is 4.02. The van der Waals surface area contributed by atoms with Crippen LogP contribution in [0.2, 0.25) is 0 Å². The van der Waals surface area contributed by atoms with Crippen molar-refractivity contribution in [3.8, 4) is 0 Å². The van der Waals surface area contributed by atoms with Gasteiger partial charge >= 0.3 is 0 Å². The van der Waals surface area contributed by atoms with Gasteiger partial charge in [0.1, 0.15) is 5.76 Å². The van der Waals surface area contributed by atoms with Crippen LogP contribution in [0.1, 0.15) is 23.4 Å². The molecular formula is C17H22N4O2. The number of rotatable bonds is 4. The molecule has 1 amide bonds. The van der Waals surface area contributed by atoms with Gasteiger partial charge in [0.05, 0.1) is 5.69 Å². The Hall–Kier alpha value is -2.37. The smallest absolute Gasteiger partial charge is 0.223 e. The number of hydrogen-bond acceptors (Lipinski definition) is 5. The summed E-state index contributed by atoms with van der Waals surface area (Å²) in [7, 11) is 0. The van der Waals surface area contributed by atoms with Crippen LogP contribution in [-0.4, -0.2) is 47.1 Å². The van der Waals surface area contributed by atoms with E-state index in [-0.39, 0.29) is 5.91 Å². The molecule has 0 unspecified atom stereocenters. The molecule has 0 radical (unpaired) electrons. The van der Waals surface area contributed by atoms with E-state index in [1.807, 2.05) is 30.9 Å². The van der Waals surface area contributed by atoms with Crippen LogP contribution in [-0.2, 0) is 11.2 Å². The van der Waals surface area contributed by atoms with Crippen molar-refractivity contribution in [1.29, 1.82) is 0 Å². The Balaban J connectivity index is 1.50. The molecule has 0 aliphatic carbocycles. The Morgan fingerprint density at radius 1 is 1.17 bits per heavy atom. The summed E-state index contributed by atoms with van der Waals surface area (Å²) >= 11 is 0. The molecule has 122 valence electrons. The summed E-state index contributed by atoms with van der Waals surface area (Å²) in [5.41, 5.74) is 3.12. The number of nitrogens with zero attached hydrogens (tertiary/aromatic N) is 4. The molecule has 0 atom stereocenters. The van der Waals surface area contributed by atoms with Crippen molar-refractivity contribution in [2.75, 3.05) is 31.1 Å². The molecule has 0 aromatic carbocycles. The van der Waals surface area contributed by atoms with E-state index in [4.69, 9.17) is 4.52 Å². The number of aryl methyl sites for hydroxylation is 2. The van der Waals surface area contributed by atoms with Crippen molar-refractivity contribution < 1.29 is 9.32 Å². The Morgan fingerprint density at radius 3 is 2.48 bits per heavy atom. The molecular weight excluding hydrogens is 292 g/mol. The lowest BCUT2D eigenvalue weighted by molar-refractivity contribution is -0.131. The Bertz CT molecular complexity index is 641. The Labute approximate surface area is 136 Å². The highest BCUT2D eigenvalue weighted by atomic mass is 16.5. The van der Waals surface area contributed by atoms with E-state index >= 15 is 0 Å². The highest BCUT2D eigenvalue weighted by molar-refractivity contribution is 5.76. The molecule has 3 rings (SSSR count). The van der Waals surface area contributed by atoms with Gasteiger partial charge in [0.25, 0.3) is 0 Å². The molecule has 6 heteroatoms. The normalized spacial score (nSPS) is 15.0. The fraction of sp³-hybridized carbons (Fsp3) is 0.471. The number of pyridine rings is 1. The Morgan fingerprint density at radius 2 is 1.87 bits per heavy atom. The van der Waals surface area contributed by atoms with Crippen LogP contribution in [0.3, 0.4) is 0 Å². The van der Waals surface area contributed by atoms with E-state index in [0.717, 1.165) is 43.2 Å². The van der Waals surface area contributed by atoms with Crippen molar-refractivity contribution in [2.45, 2.75) is 26.7 Å². The lowest BCUT2D eigenvalue weighted by Crippen LogP contribution is -2.48. The highest BCUT2D eigenvalue weighted by Gasteiger charge is 2.21. The van der Waals surface area contributed by atoms with Gasteiger partial charge in [-0.2, -0.15) is 0 Å². The molecule has 0 N–H and O–H groups in total. The van der Waals surface area contributed by atoms with Crippen molar-refractivity contribution >= 4 is 11.6 Å². The zero-order valence-electron chi connectivity index (χ0n) is 13.7. The summed E-state index contributed by atoms with van der Waals surface area (Å²) in [6.45, 7) is 7.07. The maximum atomic E-state index is 12.4. The van der Waals surface area contributed by atoms with Crippen LogP contribution in [0.15, 0.2) is 29.0 Å². The van der Waals surface area contributed by atoms with Gasteiger partial charge in [0.2, 0.25) is 5.91 Å². The fourth-order valence-corrected chi connectivity index (χ4v) is 3.02. The molecule has 23 heavy (non-hydrogen) atoms. The second-order valence-electron chi connectivity index (χ2n) is 5.88. The largest absolute Gasteiger partial charge is 0.368 e. The Kier molecular flexibility index (Phi) is 4.60. The molecule has 1 aliphatic rings. The number of piperazine rings is 1.